The van der Waals surface area contributed by atoms with E-state index in [1.165, 1.54) is 30.0 Å². The molecule has 1 aromatic carbocycles. The summed E-state index contributed by atoms with van der Waals surface area (Å²) < 4.78 is 19.3. The smallest absolute Gasteiger partial charge is 0.335 e. The van der Waals surface area contributed by atoms with Gasteiger partial charge in [-0.25, -0.2) is 9.18 Å². The lowest BCUT2D eigenvalue weighted by molar-refractivity contribution is -0.162. The fraction of sp³-hybridized carbons (Fsp3) is 0.353. The van der Waals surface area contributed by atoms with E-state index >= 15 is 0 Å². The number of piperidine rings is 1. The number of hydrogen-bond donors (Lipinski definition) is 2. The number of carbonyl (C=O) groups is 2. The second kappa shape index (κ2) is 6.69. The molecule has 0 bridgehead atoms. The lowest BCUT2D eigenvalue weighted by atomic mass is 9.91. The fourth-order valence-electron chi connectivity index (χ4n) is 2.97. The second-order valence-electron chi connectivity index (χ2n) is 6.19. The molecule has 1 aliphatic rings. The first-order valence-electron chi connectivity index (χ1n) is 7.90. The average molecular weight is 383 g/mol. The molecule has 0 atom stereocenters. The summed E-state index contributed by atoms with van der Waals surface area (Å²) in [7, 11) is 0. The zero-order valence-electron chi connectivity index (χ0n) is 13.8. The summed E-state index contributed by atoms with van der Waals surface area (Å²) in [4.78, 5) is 25.4. The van der Waals surface area contributed by atoms with Crippen LogP contribution in [0.25, 0.3) is 11.3 Å². The summed E-state index contributed by atoms with van der Waals surface area (Å²) >= 11 is 6.06. The first kappa shape index (κ1) is 18.3. The van der Waals surface area contributed by atoms with E-state index in [-0.39, 0.29) is 53.5 Å². The van der Waals surface area contributed by atoms with E-state index in [2.05, 4.69) is 5.16 Å². The summed E-state index contributed by atoms with van der Waals surface area (Å²) in [6.07, 6.45) is -0.206. The highest BCUT2D eigenvalue weighted by Gasteiger charge is 2.41. The van der Waals surface area contributed by atoms with Crippen LogP contribution in [0, 0.1) is 12.7 Å². The minimum atomic E-state index is -1.85. The van der Waals surface area contributed by atoms with Gasteiger partial charge >= 0.3 is 5.97 Å². The summed E-state index contributed by atoms with van der Waals surface area (Å²) in [5.41, 5.74) is -1.82. The molecule has 2 heterocycles. The number of amides is 1. The molecule has 0 unspecified atom stereocenters. The molecule has 0 spiro atoms. The van der Waals surface area contributed by atoms with Gasteiger partial charge in [0.1, 0.15) is 22.8 Å². The summed E-state index contributed by atoms with van der Waals surface area (Å²) in [6.45, 7) is 1.60. The van der Waals surface area contributed by atoms with Gasteiger partial charge in [0.05, 0.1) is 10.6 Å². The molecule has 0 saturated carbocycles. The Labute approximate surface area is 153 Å². The first-order chi connectivity index (χ1) is 12.2. The normalized spacial score (nSPS) is 16.5. The number of likely N-dealkylation sites (tertiary alicyclic amines) is 1. The summed E-state index contributed by atoms with van der Waals surface area (Å²) in [5, 5.41) is 23.0. The Kier molecular flexibility index (Phi) is 4.72. The number of carboxylic acid groups (broad SMARTS) is 1. The van der Waals surface area contributed by atoms with Crippen LogP contribution in [0.1, 0.15) is 29.0 Å². The van der Waals surface area contributed by atoms with E-state index in [9.17, 15) is 19.1 Å². The van der Waals surface area contributed by atoms with E-state index in [1.807, 2.05) is 0 Å². The average Bonchev–Trinajstić information content (AvgIpc) is 2.96. The van der Waals surface area contributed by atoms with Crippen LogP contribution < -0.4 is 0 Å². The van der Waals surface area contributed by atoms with Gasteiger partial charge in [0.2, 0.25) is 0 Å². The molecule has 9 heteroatoms. The maximum atomic E-state index is 14.2. The maximum Gasteiger partial charge on any atom is 0.335 e. The van der Waals surface area contributed by atoms with Gasteiger partial charge in [0.15, 0.2) is 5.60 Å². The Balaban J connectivity index is 1.93. The van der Waals surface area contributed by atoms with Crippen molar-refractivity contribution in [1.29, 1.82) is 0 Å². The molecule has 138 valence electrons. The van der Waals surface area contributed by atoms with Crippen LogP contribution >= 0.6 is 11.6 Å². The largest absolute Gasteiger partial charge is 0.479 e. The first-order valence-corrected chi connectivity index (χ1v) is 8.28. The zero-order valence-corrected chi connectivity index (χ0v) is 14.6. The lowest BCUT2D eigenvalue weighted by Crippen LogP contribution is -2.50. The molecule has 26 heavy (non-hydrogen) atoms. The number of rotatable bonds is 3. The van der Waals surface area contributed by atoms with Gasteiger partial charge in [0, 0.05) is 25.9 Å². The van der Waals surface area contributed by atoms with Crippen molar-refractivity contribution >= 4 is 23.5 Å². The Morgan fingerprint density at radius 1 is 1.35 bits per heavy atom. The van der Waals surface area contributed by atoms with E-state index in [0.29, 0.717) is 0 Å². The van der Waals surface area contributed by atoms with Crippen LogP contribution in [0.15, 0.2) is 22.7 Å². The number of benzene rings is 1. The van der Waals surface area contributed by atoms with Crippen molar-refractivity contribution in [3.8, 4) is 11.3 Å². The summed E-state index contributed by atoms with van der Waals surface area (Å²) in [6, 6.07) is 4.12. The van der Waals surface area contributed by atoms with Gasteiger partial charge in [-0.1, -0.05) is 22.8 Å². The zero-order chi connectivity index (χ0) is 19.1. The van der Waals surface area contributed by atoms with Crippen LogP contribution in [-0.2, 0) is 4.79 Å². The third-order valence-electron chi connectivity index (χ3n) is 4.55. The van der Waals surface area contributed by atoms with Crippen LogP contribution in [-0.4, -0.2) is 50.8 Å². The Morgan fingerprint density at radius 2 is 2.00 bits per heavy atom. The van der Waals surface area contributed by atoms with Crippen LogP contribution in [0.3, 0.4) is 0 Å². The number of aromatic nitrogens is 1. The number of carbonyl (C=O) groups excluding carboxylic acids is 1. The minimum absolute atomic E-state index is 0.00494. The van der Waals surface area contributed by atoms with Crippen LogP contribution in [0.2, 0.25) is 5.02 Å². The topological polar surface area (TPSA) is 104 Å². The molecule has 2 N–H and O–H groups in total. The minimum Gasteiger partial charge on any atom is -0.479 e. The monoisotopic (exact) mass is 382 g/mol. The molecule has 1 aliphatic heterocycles. The molecular formula is C17H16ClFN2O5. The molecular weight excluding hydrogens is 367 g/mol. The molecule has 1 saturated heterocycles. The van der Waals surface area contributed by atoms with Crippen LogP contribution in [0.4, 0.5) is 4.39 Å². The quantitative estimate of drug-likeness (QED) is 0.845. The Bertz CT molecular complexity index is 854. The molecule has 1 fully saturated rings. The predicted molar refractivity (Wildman–Crippen MR) is 89.4 cm³/mol. The van der Waals surface area contributed by atoms with Gasteiger partial charge in [-0.2, -0.15) is 0 Å². The molecule has 1 amide bonds. The molecule has 0 aliphatic carbocycles. The second-order valence-corrected chi connectivity index (χ2v) is 6.60. The van der Waals surface area contributed by atoms with Gasteiger partial charge in [-0.3, -0.25) is 4.79 Å². The number of aryl methyl sites for hydroxylation is 1. The van der Waals surface area contributed by atoms with E-state index in [4.69, 9.17) is 21.2 Å². The summed E-state index contributed by atoms with van der Waals surface area (Å²) in [5.74, 6) is -2.24. The van der Waals surface area contributed by atoms with Crippen molar-refractivity contribution in [2.24, 2.45) is 0 Å². The highest BCUT2D eigenvalue weighted by atomic mass is 35.5. The Morgan fingerprint density at radius 3 is 2.58 bits per heavy atom. The van der Waals surface area contributed by atoms with Crippen molar-refractivity contribution in [3.05, 3.63) is 40.4 Å². The van der Waals surface area contributed by atoms with Crippen molar-refractivity contribution in [2.75, 3.05) is 13.1 Å². The van der Waals surface area contributed by atoms with Gasteiger partial charge in [-0.05, 0) is 19.1 Å². The third kappa shape index (κ3) is 3.06. The number of aliphatic hydroxyl groups is 1. The van der Waals surface area contributed by atoms with Crippen molar-refractivity contribution < 1.29 is 28.7 Å². The number of halogens is 2. The number of hydrogen-bond acceptors (Lipinski definition) is 5. The standard InChI is InChI=1S/C17H16ClFN2O5/c1-9-12(14(20-26-9)13-10(18)3-2-4-11(13)19)15(22)21-7-5-17(25,6-8-21)16(23)24/h2-4,25H,5-8H2,1H3,(H,23,24). The van der Waals surface area contributed by atoms with Crippen molar-refractivity contribution in [1.82, 2.24) is 10.1 Å². The van der Waals surface area contributed by atoms with E-state index in [1.54, 1.807) is 0 Å². The highest BCUT2D eigenvalue weighted by Crippen LogP contribution is 2.34. The molecule has 7 nitrogen and oxygen atoms in total. The molecule has 1 aromatic heterocycles. The third-order valence-corrected chi connectivity index (χ3v) is 4.87. The predicted octanol–water partition coefficient (Wildman–Crippen LogP) is 2.49. The molecule has 3 rings (SSSR count). The van der Waals surface area contributed by atoms with Gasteiger partial charge in [0.25, 0.3) is 5.91 Å². The number of nitrogens with zero attached hydrogens (tertiary/aromatic N) is 2. The van der Waals surface area contributed by atoms with E-state index < -0.39 is 23.3 Å². The SMILES string of the molecule is Cc1onc(-c2c(F)cccc2Cl)c1C(=O)N1CCC(O)(C(=O)O)CC1. The van der Waals surface area contributed by atoms with Crippen molar-refractivity contribution in [3.63, 3.8) is 0 Å². The fourth-order valence-corrected chi connectivity index (χ4v) is 3.22. The van der Waals surface area contributed by atoms with E-state index in [0.717, 1.165) is 0 Å². The lowest BCUT2D eigenvalue weighted by Gasteiger charge is -2.35. The van der Waals surface area contributed by atoms with Gasteiger partial charge < -0.3 is 19.6 Å². The molecule has 2 aromatic rings. The number of aliphatic carboxylic acids is 1. The highest BCUT2D eigenvalue weighted by molar-refractivity contribution is 6.33. The number of carboxylic acids is 1. The molecule has 0 radical (unpaired) electrons. The van der Waals surface area contributed by atoms with Gasteiger partial charge in [-0.15, -0.1) is 0 Å². The Hall–Kier alpha value is -2.45. The maximum absolute atomic E-state index is 14.2. The van der Waals surface area contributed by atoms with Crippen molar-refractivity contribution in [2.45, 2.75) is 25.4 Å². The van der Waals surface area contributed by atoms with Crippen LogP contribution in [0.5, 0.6) is 0 Å².